The number of allylic oxidation sites excluding steroid dienone is 1. The molecule has 0 saturated carbocycles. The average molecular weight is 510 g/mol. The number of nitrogens with one attached hydrogen (secondary N) is 3. The molecule has 2 aliphatic rings. The second-order valence-corrected chi connectivity index (χ2v) is 9.86. The highest BCUT2D eigenvalue weighted by Gasteiger charge is 2.25. The van der Waals surface area contributed by atoms with E-state index in [4.69, 9.17) is 28.2 Å². The highest BCUT2D eigenvalue weighted by molar-refractivity contribution is 6.39. The second kappa shape index (κ2) is 8.95. The molecule has 0 unspecified atom stereocenters. The zero-order valence-corrected chi connectivity index (χ0v) is 20.7. The number of benzene rings is 2. The van der Waals surface area contributed by atoms with Crippen LogP contribution in [0, 0.1) is 0 Å². The van der Waals surface area contributed by atoms with Crippen molar-refractivity contribution in [3.8, 4) is 0 Å². The first-order valence-corrected chi connectivity index (χ1v) is 12.5. The first kappa shape index (κ1) is 22.5. The average Bonchev–Trinajstić information content (AvgIpc) is 3.47. The molecule has 1 fully saturated rings. The molecule has 0 bridgehead atoms. The number of hydrogen-bond acceptors (Lipinski definition) is 6. The predicted molar refractivity (Wildman–Crippen MR) is 142 cm³/mol. The number of aryl methyl sites for hydroxylation is 1. The molecule has 8 nitrogen and oxygen atoms in total. The Morgan fingerprint density at radius 2 is 1.80 bits per heavy atom. The number of H-pyrrole nitrogens is 1. The van der Waals surface area contributed by atoms with Gasteiger partial charge in [0.05, 0.1) is 37.7 Å². The molecule has 0 spiro atoms. The van der Waals surface area contributed by atoms with Crippen LogP contribution in [0.4, 0.5) is 11.6 Å². The highest BCUT2D eigenvalue weighted by Crippen LogP contribution is 2.34. The van der Waals surface area contributed by atoms with Crippen molar-refractivity contribution >= 4 is 62.3 Å². The Morgan fingerprint density at radius 3 is 2.57 bits per heavy atom. The summed E-state index contributed by atoms with van der Waals surface area (Å²) in [5.41, 5.74) is 3.53. The Labute approximate surface area is 212 Å². The van der Waals surface area contributed by atoms with Gasteiger partial charge >= 0.3 is 0 Å². The maximum absolute atomic E-state index is 13.3. The molecule has 3 heterocycles. The summed E-state index contributed by atoms with van der Waals surface area (Å²) in [5.74, 6) is 1.19. The van der Waals surface area contributed by atoms with Gasteiger partial charge in [0.1, 0.15) is 5.82 Å². The van der Waals surface area contributed by atoms with E-state index in [0.717, 1.165) is 44.6 Å². The summed E-state index contributed by atoms with van der Waals surface area (Å²) in [5, 5.41) is 8.10. The van der Waals surface area contributed by atoms with Crippen LogP contribution in [0.1, 0.15) is 18.7 Å². The number of aromatic amines is 1. The van der Waals surface area contributed by atoms with E-state index in [1.165, 1.54) is 0 Å². The van der Waals surface area contributed by atoms with Crippen molar-refractivity contribution in [1.82, 2.24) is 29.7 Å². The van der Waals surface area contributed by atoms with Crippen LogP contribution in [0.3, 0.4) is 0 Å². The van der Waals surface area contributed by atoms with Gasteiger partial charge in [0.2, 0.25) is 5.95 Å². The summed E-state index contributed by atoms with van der Waals surface area (Å²) in [4.78, 5) is 28.4. The lowest BCUT2D eigenvalue weighted by molar-refractivity contribution is 0.200. The van der Waals surface area contributed by atoms with Crippen molar-refractivity contribution in [2.45, 2.75) is 18.9 Å². The number of fused-ring (bicyclic) bond motifs is 3. The Balaban J connectivity index is 1.39. The van der Waals surface area contributed by atoms with Gasteiger partial charge in [0.15, 0.2) is 0 Å². The summed E-state index contributed by atoms with van der Waals surface area (Å²) in [7, 11) is 1.85. The topological polar surface area (TPSA) is 90.9 Å². The van der Waals surface area contributed by atoms with E-state index in [1.807, 2.05) is 23.7 Å². The van der Waals surface area contributed by atoms with E-state index in [-0.39, 0.29) is 5.56 Å². The van der Waals surface area contributed by atoms with Gasteiger partial charge in [-0.3, -0.25) is 9.69 Å². The van der Waals surface area contributed by atoms with Crippen LogP contribution in [-0.2, 0) is 7.05 Å². The van der Waals surface area contributed by atoms with Gasteiger partial charge in [0, 0.05) is 39.3 Å². The zero-order valence-electron chi connectivity index (χ0n) is 19.2. The normalized spacial score (nSPS) is 18.9. The van der Waals surface area contributed by atoms with Crippen LogP contribution in [0.5, 0.6) is 0 Å². The van der Waals surface area contributed by atoms with Crippen molar-refractivity contribution in [3.63, 3.8) is 0 Å². The molecule has 0 amide bonds. The van der Waals surface area contributed by atoms with Crippen molar-refractivity contribution < 1.29 is 0 Å². The Hall–Kier alpha value is -2.91. The fourth-order valence-corrected chi connectivity index (χ4v) is 5.62. The molecule has 2 aromatic heterocycles. The molecule has 3 N–H and O–H groups in total. The Morgan fingerprint density at radius 1 is 1.06 bits per heavy atom. The van der Waals surface area contributed by atoms with E-state index < -0.39 is 0 Å². The molecule has 1 aliphatic heterocycles. The monoisotopic (exact) mass is 509 g/mol. The maximum Gasteiger partial charge on any atom is 0.261 e. The van der Waals surface area contributed by atoms with E-state index in [9.17, 15) is 4.79 Å². The van der Waals surface area contributed by atoms with Crippen molar-refractivity contribution in [2.24, 2.45) is 7.05 Å². The van der Waals surface area contributed by atoms with Crippen LogP contribution in [0.15, 0.2) is 41.2 Å². The highest BCUT2D eigenvalue weighted by atomic mass is 35.5. The summed E-state index contributed by atoms with van der Waals surface area (Å²) in [6.45, 7) is 4.13. The van der Waals surface area contributed by atoms with E-state index in [2.05, 4.69) is 31.6 Å². The maximum atomic E-state index is 13.3. The van der Waals surface area contributed by atoms with Gasteiger partial charge in [-0.05, 0) is 42.7 Å². The molecular weight excluding hydrogens is 485 g/mol. The molecule has 1 atom stereocenters. The number of anilines is 2. The van der Waals surface area contributed by atoms with Crippen molar-refractivity contribution in [1.29, 1.82) is 0 Å². The molecule has 0 radical (unpaired) electrons. The number of imidazole rings is 1. The quantitative estimate of drug-likeness (QED) is 0.379. The van der Waals surface area contributed by atoms with Gasteiger partial charge in [-0.1, -0.05) is 35.3 Å². The standard InChI is InChI=1S/C25H25Cl2N7O/c1-33-22-19(30-25(33)31-21-16(26)3-2-4-17(21)27)8-7-18-20(22)24(35)32-23(29-18)14-5-6-15(13-14)34-11-9-28-10-12-34/h2-4,7-8,13,15,28H,5-6,9-12H2,1H3,(H,30,31)(H,29,32,35)/t15-/m0/s1. The SMILES string of the molecule is Cn1c(Nc2c(Cl)cccc2Cl)nc2ccc3nc(C4=C[C@@H](N5CCNCC5)CC4)[nH]c(=O)c3c21. The number of piperazine rings is 1. The second-order valence-electron chi connectivity index (χ2n) is 9.04. The zero-order chi connectivity index (χ0) is 24.1. The smallest absolute Gasteiger partial charge is 0.261 e. The lowest BCUT2D eigenvalue weighted by Crippen LogP contribution is -2.47. The largest absolute Gasteiger partial charge is 0.323 e. The van der Waals surface area contributed by atoms with Gasteiger partial charge in [-0.2, -0.15) is 0 Å². The fourth-order valence-electron chi connectivity index (χ4n) is 5.12. The number of aromatic nitrogens is 4. The third-order valence-electron chi connectivity index (χ3n) is 6.93. The van der Waals surface area contributed by atoms with Crippen LogP contribution in [0.2, 0.25) is 10.0 Å². The van der Waals surface area contributed by atoms with Crippen molar-refractivity contribution in [2.75, 3.05) is 31.5 Å². The van der Waals surface area contributed by atoms with E-state index in [1.54, 1.807) is 18.2 Å². The van der Waals surface area contributed by atoms with Gasteiger partial charge in [0.25, 0.3) is 5.56 Å². The summed E-state index contributed by atoms with van der Waals surface area (Å²) >= 11 is 12.7. The lowest BCUT2D eigenvalue weighted by Gasteiger charge is -2.31. The number of rotatable bonds is 4. The molecule has 4 aromatic rings. The Kier molecular flexibility index (Phi) is 5.76. The lowest BCUT2D eigenvalue weighted by atomic mass is 10.1. The minimum atomic E-state index is -0.174. The molecule has 1 saturated heterocycles. The molecule has 10 heteroatoms. The summed E-state index contributed by atoms with van der Waals surface area (Å²) in [6, 6.07) is 9.45. The predicted octanol–water partition coefficient (Wildman–Crippen LogP) is 4.31. The van der Waals surface area contributed by atoms with Crippen LogP contribution >= 0.6 is 23.2 Å². The molecule has 35 heavy (non-hydrogen) atoms. The first-order valence-electron chi connectivity index (χ1n) is 11.8. The molecule has 1 aliphatic carbocycles. The number of hydrogen-bond donors (Lipinski definition) is 3. The summed E-state index contributed by atoms with van der Waals surface area (Å²) in [6.07, 6.45) is 4.23. The van der Waals surface area contributed by atoms with Gasteiger partial charge in [-0.15, -0.1) is 0 Å². The minimum Gasteiger partial charge on any atom is -0.323 e. The van der Waals surface area contributed by atoms with E-state index >= 15 is 0 Å². The Bertz CT molecular complexity index is 1510. The third kappa shape index (κ3) is 4.00. The van der Waals surface area contributed by atoms with Gasteiger partial charge in [-0.25, -0.2) is 9.97 Å². The molecule has 2 aromatic carbocycles. The molecule has 6 rings (SSSR count). The van der Waals surface area contributed by atoms with Crippen LogP contribution < -0.4 is 16.2 Å². The number of nitrogens with zero attached hydrogens (tertiary/aromatic N) is 4. The minimum absolute atomic E-state index is 0.174. The third-order valence-corrected chi connectivity index (χ3v) is 7.56. The van der Waals surface area contributed by atoms with E-state index in [0.29, 0.717) is 55.5 Å². The molecular formula is C25H25Cl2N7O. The fraction of sp³-hybridized carbons (Fsp3) is 0.320. The molecule has 180 valence electrons. The van der Waals surface area contributed by atoms with Crippen LogP contribution in [0.25, 0.3) is 27.5 Å². The summed E-state index contributed by atoms with van der Waals surface area (Å²) < 4.78 is 1.84. The number of halogens is 2. The first-order chi connectivity index (χ1) is 17.0. The van der Waals surface area contributed by atoms with Crippen molar-refractivity contribution in [3.05, 3.63) is 62.6 Å². The van der Waals surface area contributed by atoms with Gasteiger partial charge < -0.3 is 20.2 Å². The van der Waals surface area contributed by atoms with Crippen LogP contribution in [-0.4, -0.2) is 56.6 Å². The number of para-hydroxylation sites is 1.